The molecule has 5 heteroatoms. The van der Waals surface area contributed by atoms with E-state index in [1.54, 1.807) is 45.0 Å². The van der Waals surface area contributed by atoms with Crippen molar-refractivity contribution in [2.45, 2.75) is 32.5 Å². The van der Waals surface area contributed by atoms with Gasteiger partial charge < -0.3 is 10.4 Å². The zero-order chi connectivity index (χ0) is 12.8. The second-order valence-electron chi connectivity index (χ2n) is 4.70. The third kappa shape index (κ3) is 1.82. The van der Waals surface area contributed by atoms with E-state index in [0.29, 0.717) is 10.7 Å². The van der Waals surface area contributed by atoms with Crippen molar-refractivity contribution in [3.63, 3.8) is 0 Å². The van der Waals surface area contributed by atoms with E-state index in [1.165, 1.54) is 0 Å². The minimum absolute atomic E-state index is 0.344. The smallest absolute Gasteiger partial charge is 0.245 e. The molecule has 1 aromatic carbocycles. The van der Waals surface area contributed by atoms with Gasteiger partial charge in [-0.1, -0.05) is 11.6 Å². The normalized spacial score (nSPS) is 24.4. The van der Waals surface area contributed by atoms with Crippen LogP contribution in [0.2, 0.25) is 5.02 Å². The molecule has 0 saturated carbocycles. The number of halogens is 1. The monoisotopic (exact) mass is 254 g/mol. The van der Waals surface area contributed by atoms with E-state index in [9.17, 15) is 10.4 Å². The van der Waals surface area contributed by atoms with Crippen LogP contribution in [0.5, 0.6) is 0 Å². The first kappa shape index (κ1) is 12.4. The highest BCUT2D eigenvalue weighted by molar-refractivity contribution is 6.30. The van der Waals surface area contributed by atoms with Crippen molar-refractivity contribution in [1.82, 2.24) is 5.06 Å². The van der Waals surface area contributed by atoms with Gasteiger partial charge in [0, 0.05) is 24.4 Å². The summed E-state index contributed by atoms with van der Waals surface area (Å²) in [7, 11) is 0. The van der Waals surface area contributed by atoms with Gasteiger partial charge in [0.15, 0.2) is 0 Å². The number of nitrogens with zero attached hydrogens (tertiary/aromatic N) is 2. The van der Waals surface area contributed by atoms with Crippen molar-refractivity contribution < 1.29 is 9.95 Å². The molecular formula is C12H15ClN2O2. The fourth-order valence-corrected chi connectivity index (χ4v) is 2.25. The van der Waals surface area contributed by atoms with E-state index >= 15 is 0 Å². The third-order valence-electron chi connectivity index (χ3n) is 3.18. The van der Waals surface area contributed by atoms with Crippen molar-refractivity contribution in [2.24, 2.45) is 0 Å². The van der Waals surface area contributed by atoms with Crippen molar-refractivity contribution in [2.75, 3.05) is 0 Å². The number of hydroxylamine groups is 3. The molecule has 1 atom stereocenters. The Morgan fingerprint density at radius 2 is 1.88 bits per heavy atom. The van der Waals surface area contributed by atoms with E-state index in [0.717, 1.165) is 15.4 Å². The van der Waals surface area contributed by atoms with Crippen LogP contribution in [0.1, 0.15) is 26.3 Å². The second-order valence-corrected chi connectivity index (χ2v) is 5.14. The Balaban J connectivity index is 2.51. The first-order chi connectivity index (χ1) is 7.85. The lowest BCUT2D eigenvalue weighted by molar-refractivity contribution is -0.579. The lowest BCUT2D eigenvalue weighted by Gasteiger charge is -2.24. The Morgan fingerprint density at radius 3 is 2.29 bits per heavy atom. The molecule has 0 fully saturated rings. The van der Waals surface area contributed by atoms with E-state index in [1.807, 2.05) is 0 Å². The van der Waals surface area contributed by atoms with Gasteiger partial charge >= 0.3 is 0 Å². The predicted octanol–water partition coefficient (Wildman–Crippen LogP) is 2.47. The molecule has 2 rings (SSSR count). The van der Waals surface area contributed by atoms with Gasteiger partial charge in [0.05, 0.1) is 0 Å². The van der Waals surface area contributed by atoms with Gasteiger partial charge in [-0.2, -0.15) is 4.74 Å². The maximum atomic E-state index is 12.2. The molecule has 4 nitrogen and oxygen atoms in total. The molecule has 0 saturated heterocycles. The first-order valence-electron chi connectivity index (χ1n) is 5.44. The quantitative estimate of drug-likeness (QED) is 0.619. The van der Waals surface area contributed by atoms with Crippen LogP contribution in [0.15, 0.2) is 24.3 Å². The highest BCUT2D eigenvalue weighted by Crippen LogP contribution is 2.27. The summed E-state index contributed by atoms with van der Waals surface area (Å²) >= 11 is 5.82. The summed E-state index contributed by atoms with van der Waals surface area (Å²) in [6.45, 7) is 5.16. The summed E-state index contributed by atoms with van der Waals surface area (Å²) < 4.78 is 0.848. The maximum Gasteiger partial charge on any atom is 0.245 e. The molecule has 92 valence electrons. The molecule has 0 spiro atoms. The zero-order valence-corrected chi connectivity index (χ0v) is 10.8. The molecule has 0 bridgehead atoms. The minimum atomic E-state index is -0.950. The van der Waals surface area contributed by atoms with Crippen LogP contribution < -0.4 is 0 Å². The SMILES string of the molecule is CC1C(c2ccc(Cl)cc2)=[N+]([O-])C(C)(C)N1O. The van der Waals surface area contributed by atoms with Crippen LogP contribution in [0.3, 0.4) is 0 Å². The largest absolute Gasteiger partial charge is 0.622 e. The summed E-state index contributed by atoms with van der Waals surface area (Å²) in [5, 5.41) is 23.8. The van der Waals surface area contributed by atoms with Gasteiger partial charge in [-0.25, -0.2) is 0 Å². The van der Waals surface area contributed by atoms with Crippen molar-refractivity contribution >= 4 is 17.3 Å². The van der Waals surface area contributed by atoms with Crippen molar-refractivity contribution in [3.8, 4) is 0 Å². The average Bonchev–Trinajstić information content (AvgIpc) is 2.43. The van der Waals surface area contributed by atoms with Crippen LogP contribution in [-0.4, -0.2) is 32.4 Å². The van der Waals surface area contributed by atoms with Gasteiger partial charge in [-0.3, -0.25) is 0 Å². The van der Waals surface area contributed by atoms with E-state index < -0.39 is 5.66 Å². The number of benzene rings is 1. The van der Waals surface area contributed by atoms with Gasteiger partial charge in [0.1, 0.15) is 6.04 Å². The third-order valence-corrected chi connectivity index (χ3v) is 3.43. The standard InChI is InChI=1S/C12H15ClN2O2/c1-8-11(9-4-6-10(13)7-5-9)15(17)12(2,3)14(8)16/h4-8,16H,1-3H3. The Hall–Kier alpha value is -1.10. The molecule has 1 heterocycles. The molecule has 0 radical (unpaired) electrons. The molecular weight excluding hydrogens is 240 g/mol. The van der Waals surface area contributed by atoms with Crippen molar-refractivity contribution in [3.05, 3.63) is 40.1 Å². The van der Waals surface area contributed by atoms with E-state index in [-0.39, 0.29) is 6.04 Å². The summed E-state index contributed by atoms with van der Waals surface area (Å²) in [5.74, 6) is 0. The first-order valence-corrected chi connectivity index (χ1v) is 5.82. The van der Waals surface area contributed by atoms with Crippen LogP contribution in [0.25, 0.3) is 0 Å². The summed E-state index contributed by atoms with van der Waals surface area (Å²) in [4.78, 5) is 0. The van der Waals surface area contributed by atoms with Gasteiger partial charge in [-0.05, 0) is 31.2 Å². The molecule has 1 aliphatic heterocycles. The molecule has 17 heavy (non-hydrogen) atoms. The summed E-state index contributed by atoms with van der Waals surface area (Å²) in [5.41, 5.74) is 0.379. The Kier molecular flexibility index (Phi) is 2.89. The molecule has 0 aliphatic carbocycles. The second kappa shape index (κ2) is 3.98. The van der Waals surface area contributed by atoms with Crippen LogP contribution >= 0.6 is 11.6 Å². The maximum absolute atomic E-state index is 12.2. The molecule has 1 N–H and O–H groups in total. The molecule has 1 aromatic rings. The van der Waals surface area contributed by atoms with E-state index in [4.69, 9.17) is 11.6 Å². The summed E-state index contributed by atoms with van der Waals surface area (Å²) in [6, 6.07) is 6.70. The van der Waals surface area contributed by atoms with Crippen molar-refractivity contribution in [1.29, 1.82) is 0 Å². The Bertz CT molecular complexity index is 468. The zero-order valence-electron chi connectivity index (χ0n) is 10.0. The number of rotatable bonds is 1. The van der Waals surface area contributed by atoms with Crippen LogP contribution in [0, 0.1) is 5.21 Å². The Labute approximate surface area is 105 Å². The predicted molar refractivity (Wildman–Crippen MR) is 66.4 cm³/mol. The van der Waals surface area contributed by atoms with Gasteiger partial charge in [0.25, 0.3) is 0 Å². The van der Waals surface area contributed by atoms with Crippen LogP contribution in [-0.2, 0) is 0 Å². The number of hydrogen-bond donors (Lipinski definition) is 1. The average molecular weight is 255 g/mol. The lowest BCUT2D eigenvalue weighted by Crippen LogP contribution is -2.45. The topological polar surface area (TPSA) is 49.5 Å². The fraction of sp³-hybridized carbons (Fsp3) is 0.417. The Morgan fingerprint density at radius 1 is 1.35 bits per heavy atom. The minimum Gasteiger partial charge on any atom is -0.622 e. The summed E-state index contributed by atoms with van der Waals surface area (Å²) in [6.07, 6.45) is 0. The fourth-order valence-electron chi connectivity index (χ4n) is 2.13. The number of hydrogen-bond acceptors (Lipinski definition) is 3. The lowest BCUT2D eigenvalue weighted by atomic mass is 10.1. The van der Waals surface area contributed by atoms with Gasteiger partial charge in [-0.15, -0.1) is 5.06 Å². The molecule has 1 aliphatic rings. The van der Waals surface area contributed by atoms with E-state index in [2.05, 4.69) is 0 Å². The van der Waals surface area contributed by atoms with Crippen LogP contribution in [0.4, 0.5) is 0 Å². The molecule has 0 amide bonds. The molecule has 1 unspecified atom stereocenters. The highest BCUT2D eigenvalue weighted by Gasteiger charge is 2.49. The highest BCUT2D eigenvalue weighted by atomic mass is 35.5. The molecule has 0 aromatic heterocycles. The van der Waals surface area contributed by atoms with Gasteiger partial charge in [0.2, 0.25) is 11.4 Å².